The predicted octanol–water partition coefficient (Wildman–Crippen LogP) is 2.05. The number of ether oxygens (including phenoxy) is 1. The highest BCUT2D eigenvalue weighted by Crippen LogP contribution is 2.31. The minimum absolute atomic E-state index is 0.0776. The summed E-state index contributed by atoms with van der Waals surface area (Å²) in [5.41, 5.74) is 15.0. The van der Waals surface area contributed by atoms with Gasteiger partial charge in [-0.3, -0.25) is 0 Å². The van der Waals surface area contributed by atoms with Crippen LogP contribution in [0.1, 0.15) is 35.6 Å². The van der Waals surface area contributed by atoms with Gasteiger partial charge in [0.15, 0.2) is 0 Å². The Labute approximate surface area is 103 Å². The van der Waals surface area contributed by atoms with Gasteiger partial charge >= 0.3 is 0 Å². The summed E-state index contributed by atoms with van der Waals surface area (Å²) in [5, 5.41) is 0. The third-order valence-electron chi connectivity index (χ3n) is 3.39. The zero-order valence-electron chi connectivity index (χ0n) is 10.7. The molecule has 1 atom stereocenters. The molecule has 1 aliphatic rings. The third-order valence-corrected chi connectivity index (χ3v) is 3.39. The normalized spacial score (nSPS) is 16.9. The molecule has 1 unspecified atom stereocenters. The van der Waals surface area contributed by atoms with Crippen LogP contribution in [0.4, 0.5) is 0 Å². The molecule has 0 spiro atoms. The fourth-order valence-corrected chi connectivity index (χ4v) is 1.99. The van der Waals surface area contributed by atoms with E-state index < -0.39 is 0 Å². The van der Waals surface area contributed by atoms with E-state index >= 15 is 0 Å². The molecule has 0 amide bonds. The van der Waals surface area contributed by atoms with Crippen LogP contribution in [0, 0.1) is 19.8 Å². The number of hydrogen-bond donors (Lipinski definition) is 2. The van der Waals surface area contributed by atoms with Crippen LogP contribution < -0.4 is 16.2 Å². The van der Waals surface area contributed by atoms with Crippen molar-refractivity contribution < 1.29 is 4.74 Å². The average Bonchev–Trinajstić information content (AvgIpc) is 3.12. The summed E-state index contributed by atoms with van der Waals surface area (Å²) in [6, 6.07) is 4.11. The van der Waals surface area contributed by atoms with Crippen LogP contribution in [-0.2, 0) is 0 Å². The van der Waals surface area contributed by atoms with Gasteiger partial charge in [-0.1, -0.05) is 6.07 Å². The molecule has 1 saturated carbocycles. The van der Waals surface area contributed by atoms with Crippen molar-refractivity contribution in [3.63, 3.8) is 0 Å². The van der Waals surface area contributed by atoms with Crippen LogP contribution in [0.5, 0.6) is 5.75 Å². The largest absolute Gasteiger partial charge is 0.493 e. The molecule has 3 nitrogen and oxygen atoms in total. The van der Waals surface area contributed by atoms with Crippen molar-refractivity contribution in [1.82, 2.24) is 0 Å². The Morgan fingerprint density at radius 3 is 2.59 bits per heavy atom. The van der Waals surface area contributed by atoms with Crippen LogP contribution >= 0.6 is 0 Å². The summed E-state index contributed by atoms with van der Waals surface area (Å²) < 4.78 is 5.84. The maximum absolute atomic E-state index is 5.98. The zero-order valence-corrected chi connectivity index (χ0v) is 10.7. The van der Waals surface area contributed by atoms with E-state index in [-0.39, 0.29) is 6.04 Å². The van der Waals surface area contributed by atoms with E-state index in [1.165, 1.54) is 18.4 Å². The predicted molar refractivity (Wildman–Crippen MR) is 70.1 cm³/mol. The number of nitrogens with two attached hydrogens (primary N) is 2. The first kappa shape index (κ1) is 12.4. The molecule has 1 fully saturated rings. The Balaban J connectivity index is 2.14. The first-order chi connectivity index (χ1) is 8.11. The minimum Gasteiger partial charge on any atom is -0.493 e. The van der Waals surface area contributed by atoms with E-state index in [9.17, 15) is 0 Å². The Morgan fingerprint density at radius 2 is 2.00 bits per heavy atom. The fourth-order valence-electron chi connectivity index (χ4n) is 1.99. The summed E-state index contributed by atoms with van der Waals surface area (Å²) in [6.45, 7) is 5.45. The molecule has 1 aromatic rings. The first-order valence-electron chi connectivity index (χ1n) is 6.31. The molecule has 4 N–H and O–H groups in total. The van der Waals surface area contributed by atoms with Crippen molar-refractivity contribution in [3.8, 4) is 5.75 Å². The Bertz CT molecular complexity index is 399. The molecule has 0 aromatic heterocycles. The van der Waals surface area contributed by atoms with Gasteiger partial charge in [0.1, 0.15) is 5.75 Å². The maximum atomic E-state index is 5.98. The second-order valence-electron chi connectivity index (χ2n) is 5.07. The molecular weight excluding hydrogens is 212 g/mol. The molecule has 1 aromatic carbocycles. The van der Waals surface area contributed by atoms with Gasteiger partial charge in [-0.25, -0.2) is 0 Å². The average molecular weight is 234 g/mol. The lowest BCUT2D eigenvalue weighted by Crippen LogP contribution is -2.21. The molecule has 17 heavy (non-hydrogen) atoms. The first-order valence-corrected chi connectivity index (χ1v) is 6.31. The van der Waals surface area contributed by atoms with Crippen LogP contribution in [-0.4, -0.2) is 13.2 Å². The summed E-state index contributed by atoms with van der Waals surface area (Å²) in [4.78, 5) is 0. The maximum Gasteiger partial charge on any atom is 0.122 e. The van der Waals surface area contributed by atoms with Crippen molar-refractivity contribution in [2.75, 3.05) is 13.2 Å². The Morgan fingerprint density at radius 1 is 1.29 bits per heavy atom. The van der Waals surface area contributed by atoms with Crippen molar-refractivity contribution >= 4 is 0 Å². The summed E-state index contributed by atoms with van der Waals surface area (Å²) in [5.74, 6) is 1.77. The SMILES string of the molecule is Cc1cc(C(N)CN)c(C)cc1OCC1CC1. The van der Waals surface area contributed by atoms with Gasteiger partial charge in [0, 0.05) is 12.6 Å². The molecule has 1 aliphatic carbocycles. The van der Waals surface area contributed by atoms with Gasteiger partial charge in [-0.2, -0.15) is 0 Å². The molecule has 94 valence electrons. The molecule has 0 saturated heterocycles. The molecule has 3 heteroatoms. The van der Waals surface area contributed by atoms with Crippen molar-refractivity contribution in [2.45, 2.75) is 32.7 Å². The molecule has 0 heterocycles. The Hall–Kier alpha value is -1.06. The van der Waals surface area contributed by atoms with E-state index in [0.717, 1.165) is 29.4 Å². The lowest BCUT2D eigenvalue weighted by atomic mass is 9.99. The molecular formula is C14H22N2O. The smallest absolute Gasteiger partial charge is 0.122 e. The van der Waals surface area contributed by atoms with Gasteiger partial charge in [0.2, 0.25) is 0 Å². The lowest BCUT2D eigenvalue weighted by molar-refractivity contribution is 0.297. The lowest BCUT2D eigenvalue weighted by Gasteiger charge is -2.16. The van der Waals surface area contributed by atoms with Crippen LogP contribution in [0.25, 0.3) is 0 Å². The van der Waals surface area contributed by atoms with E-state index in [2.05, 4.69) is 26.0 Å². The van der Waals surface area contributed by atoms with Gasteiger partial charge in [-0.15, -0.1) is 0 Å². The molecule has 0 radical (unpaired) electrons. The highest BCUT2D eigenvalue weighted by molar-refractivity contribution is 5.43. The van der Waals surface area contributed by atoms with E-state index in [4.69, 9.17) is 16.2 Å². The highest BCUT2D eigenvalue weighted by Gasteiger charge is 2.22. The van der Waals surface area contributed by atoms with Gasteiger partial charge in [0.05, 0.1) is 6.61 Å². The zero-order chi connectivity index (χ0) is 12.4. The standard InChI is InChI=1S/C14H22N2O/c1-9-6-14(17-8-11-3-4-11)10(2)5-12(9)13(16)7-15/h5-6,11,13H,3-4,7-8,15-16H2,1-2H3. The minimum atomic E-state index is -0.0776. The molecule has 2 rings (SSSR count). The number of benzene rings is 1. The van der Waals surface area contributed by atoms with Gasteiger partial charge < -0.3 is 16.2 Å². The van der Waals surface area contributed by atoms with Crippen LogP contribution in [0.15, 0.2) is 12.1 Å². The van der Waals surface area contributed by atoms with Gasteiger partial charge in [0.25, 0.3) is 0 Å². The highest BCUT2D eigenvalue weighted by atomic mass is 16.5. The monoisotopic (exact) mass is 234 g/mol. The second-order valence-corrected chi connectivity index (χ2v) is 5.07. The quantitative estimate of drug-likeness (QED) is 0.819. The number of hydrogen-bond acceptors (Lipinski definition) is 3. The molecule has 0 bridgehead atoms. The summed E-state index contributed by atoms with van der Waals surface area (Å²) in [6.07, 6.45) is 2.63. The summed E-state index contributed by atoms with van der Waals surface area (Å²) in [7, 11) is 0. The van der Waals surface area contributed by atoms with E-state index in [0.29, 0.717) is 6.54 Å². The van der Waals surface area contributed by atoms with Crippen molar-refractivity contribution in [3.05, 3.63) is 28.8 Å². The fraction of sp³-hybridized carbons (Fsp3) is 0.571. The van der Waals surface area contributed by atoms with E-state index in [1.54, 1.807) is 0 Å². The topological polar surface area (TPSA) is 61.3 Å². The van der Waals surface area contributed by atoms with Crippen LogP contribution in [0.3, 0.4) is 0 Å². The van der Waals surface area contributed by atoms with E-state index in [1.807, 2.05) is 0 Å². The van der Waals surface area contributed by atoms with Gasteiger partial charge in [-0.05, 0) is 55.4 Å². The number of aryl methyl sites for hydroxylation is 2. The van der Waals surface area contributed by atoms with Crippen LogP contribution in [0.2, 0.25) is 0 Å². The second kappa shape index (κ2) is 5.07. The number of rotatable bonds is 5. The molecule has 0 aliphatic heterocycles. The Kier molecular flexibility index (Phi) is 3.69. The third kappa shape index (κ3) is 2.99. The summed E-state index contributed by atoms with van der Waals surface area (Å²) >= 11 is 0. The van der Waals surface area contributed by atoms with Crippen molar-refractivity contribution in [2.24, 2.45) is 17.4 Å². The van der Waals surface area contributed by atoms with Crippen molar-refractivity contribution in [1.29, 1.82) is 0 Å².